The van der Waals surface area contributed by atoms with Gasteiger partial charge in [0.2, 0.25) is 0 Å². The van der Waals surface area contributed by atoms with Gasteiger partial charge in [-0.1, -0.05) is 18.2 Å². The highest BCUT2D eigenvalue weighted by Gasteiger charge is 2.04. The molecular weight excluding hydrogens is 354 g/mol. The van der Waals surface area contributed by atoms with Gasteiger partial charge in [0.25, 0.3) is 0 Å². The van der Waals surface area contributed by atoms with Gasteiger partial charge < -0.3 is 4.74 Å². The third kappa shape index (κ3) is 4.45. The van der Waals surface area contributed by atoms with Gasteiger partial charge in [-0.05, 0) is 57.4 Å². The second-order valence-electron chi connectivity index (χ2n) is 4.57. The molecule has 23 heavy (non-hydrogen) atoms. The summed E-state index contributed by atoms with van der Waals surface area (Å²) in [6, 6.07) is 18.2. The summed E-state index contributed by atoms with van der Waals surface area (Å²) in [6.45, 7) is 0.376. The number of rotatable bonds is 4. The number of nitrogens with zero attached hydrogens (tertiary/aromatic N) is 3. The van der Waals surface area contributed by atoms with Crippen molar-refractivity contribution in [2.45, 2.75) is 6.61 Å². The molecule has 4 nitrogen and oxygen atoms in total. The predicted octanol–water partition coefficient (Wildman–Crippen LogP) is 4.33. The molecule has 2 rings (SSSR count). The maximum absolute atomic E-state index is 8.76. The van der Waals surface area contributed by atoms with Crippen LogP contribution in [0.2, 0.25) is 0 Å². The van der Waals surface area contributed by atoms with Gasteiger partial charge in [0.15, 0.2) is 0 Å². The van der Waals surface area contributed by atoms with Crippen LogP contribution >= 0.6 is 15.9 Å². The summed E-state index contributed by atoms with van der Waals surface area (Å²) >= 11 is 3.41. The smallest absolute Gasteiger partial charge is 0.134 e. The van der Waals surface area contributed by atoms with Crippen molar-refractivity contribution in [1.29, 1.82) is 15.8 Å². The Morgan fingerprint density at radius 1 is 1.04 bits per heavy atom. The van der Waals surface area contributed by atoms with Gasteiger partial charge in [-0.3, -0.25) is 0 Å². The third-order valence-electron chi connectivity index (χ3n) is 2.99. The number of ether oxygens (including phenoxy) is 1. The van der Waals surface area contributed by atoms with E-state index < -0.39 is 0 Å². The van der Waals surface area contributed by atoms with Crippen LogP contribution in [0.25, 0.3) is 6.08 Å². The predicted molar refractivity (Wildman–Crippen MR) is 88.8 cm³/mol. The topological polar surface area (TPSA) is 80.6 Å². The largest absolute Gasteiger partial charge is 0.488 e. The standard InChI is InChI=1S/C18H10BrN3O/c19-17-8-15(7-16(10-21)11-22)5-6-18(17)23-12-14-3-1-13(9-20)2-4-14/h1-8H,12H2. The van der Waals surface area contributed by atoms with E-state index in [0.29, 0.717) is 17.9 Å². The summed E-state index contributed by atoms with van der Waals surface area (Å²) in [5.41, 5.74) is 2.34. The molecule has 0 N–H and O–H groups in total. The van der Waals surface area contributed by atoms with E-state index in [1.165, 1.54) is 6.08 Å². The van der Waals surface area contributed by atoms with E-state index in [1.54, 1.807) is 30.3 Å². The second kappa shape index (κ2) is 7.80. The molecule has 110 valence electrons. The fraction of sp³-hybridized carbons (Fsp3) is 0.0556. The normalized spacial score (nSPS) is 9.13. The van der Waals surface area contributed by atoms with Crippen molar-refractivity contribution in [3.05, 3.63) is 69.2 Å². The van der Waals surface area contributed by atoms with Crippen molar-refractivity contribution in [3.63, 3.8) is 0 Å². The van der Waals surface area contributed by atoms with Crippen LogP contribution in [-0.2, 0) is 6.61 Å². The molecule has 0 fully saturated rings. The first-order valence-electron chi connectivity index (χ1n) is 6.59. The van der Waals surface area contributed by atoms with Crippen LogP contribution in [0.3, 0.4) is 0 Å². The quantitative estimate of drug-likeness (QED) is 0.757. The summed E-state index contributed by atoms with van der Waals surface area (Å²) in [5, 5.41) is 26.3. The van der Waals surface area contributed by atoms with Crippen molar-refractivity contribution in [2.75, 3.05) is 0 Å². The molecule has 2 aromatic rings. The molecular formula is C18H10BrN3O. The van der Waals surface area contributed by atoms with Gasteiger partial charge in [-0.2, -0.15) is 15.8 Å². The highest BCUT2D eigenvalue weighted by Crippen LogP contribution is 2.27. The molecule has 0 radical (unpaired) electrons. The minimum Gasteiger partial charge on any atom is -0.488 e. The molecule has 0 unspecified atom stereocenters. The van der Waals surface area contributed by atoms with Crippen molar-refractivity contribution in [2.24, 2.45) is 0 Å². The summed E-state index contributed by atoms with van der Waals surface area (Å²) in [4.78, 5) is 0. The summed E-state index contributed by atoms with van der Waals surface area (Å²) in [5.74, 6) is 0.655. The van der Waals surface area contributed by atoms with Gasteiger partial charge >= 0.3 is 0 Å². The minimum atomic E-state index is 0.0446. The molecule has 0 heterocycles. The number of allylic oxidation sites excluding steroid dienone is 1. The summed E-state index contributed by atoms with van der Waals surface area (Å²) < 4.78 is 6.46. The molecule has 5 heteroatoms. The van der Waals surface area contributed by atoms with E-state index in [-0.39, 0.29) is 5.57 Å². The van der Waals surface area contributed by atoms with Crippen LogP contribution in [0.1, 0.15) is 16.7 Å². The monoisotopic (exact) mass is 363 g/mol. The average molecular weight is 364 g/mol. The Balaban J connectivity index is 2.10. The molecule has 0 spiro atoms. The first-order chi connectivity index (χ1) is 11.2. The Hall–Kier alpha value is -3.07. The zero-order valence-electron chi connectivity index (χ0n) is 12.0. The van der Waals surface area contributed by atoms with E-state index in [1.807, 2.05) is 24.3 Å². The first kappa shape index (κ1) is 16.3. The van der Waals surface area contributed by atoms with Gasteiger partial charge in [0.05, 0.1) is 16.1 Å². The summed E-state index contributed by atoms with van der Waals surface area (Å²) in [6.07, 6.45) is 1.51. The van der Waals surface area contributed by atoms with E-state index in [2.05, 4.69) is 22.0 Å². The lowest BCUT2D eigenvalue weighted by molar-refractivity contribution is 0.304. The minimum absolute atomic E-state index is 0.0446. The Morgan fingerprint density at radius 2 is 1.74 bits per heavy atom. The number of nitriles is 3. The lowest BCUT2D eigenvalue weighted by Crippen LogP contribution is -1.96. The fourth-order valence-corrected chi connectivity index (χ4v) is 2.33. The Bertz CT molecular complexity index is 849. The Kier molecular flexibility index (Phi) is 5.53. The van der Waals surface area contributed by atoms with Crippen LogP contribution < -0.4 is 4.74 Å². The first-order valence-corrected chi connectivity index (χ1v) is 7.39. The SMILES string of the molecule is N#CC(C#N)=Cc1ccc(OCc2ccc(C#N)cc2)c(Br)c1. The zero-order chi connectivity index (χ0) is 16.7. The molecule has 0 aliphatic rings. The van der Waals surface area contributed by atoms with Crippen molar-refractivity contribution >= 4 is 22.0 Å². The number of hydrogen-bond acceptors (Lipinski definition) is 4. The van der Waals surface area contributed by atoms with Crippen LogP contribution in [-0.4, -0.2) is 0 Å². The van der Waals surface area contributed by atoms with E-state index in [0.717, 1.165) is 15.6 Å². The summed E-state index contributed by atoms with van der Waals surface area (Å²) in [7, 11) is 0. The van der Waals surface area contributed by atoms with Gasteiger partial charge in [-0.25, -0.2) is 0 Å². The molecule has 2 aromatic carbocycles. The van der Waals surface area contributed by atoms with Gasteiger partial charge in [-0.15, -0.1) is 0 Å². The maximum atomic E-state index is 8.76. The molecule has 0 aliphatic carbocycles. The van der Waals surface area contributed by atoms with Crippen LogP contribution in [0, 0.1) is 34.0 Å². The number of benzene rings is 2. The lowest BCUT2D eigenvalue weighted by atomic mass is 10.1. The van der Waals surface area contributed by atoms with Crippen molar-refractivity contribution in [3.8, 4) is 24.0 Å². The van der Waals surface area contributed by atoms with E-state index in [9.17, 15) is 0 Å². The van der Waals surface area contributed by atoms with E-state index in [4.69, 9.17) is 20.5 Å². The molecule has 0 bridgehead atoms. The third-order valence-corrected chi connectivity index (χ3v) is 3.60. The van der Waals surface area contributed by atoms with Crippen molar-refractivity contribution in [1.82, 2.24) is 0 Å². The average Bonchev–Trinajstić information content (AvgIpc) is 2.59. The molecule has 0 saturated heterocycles. The Morgan fingerprint density at radius 3 is 2.30 bits per heavy atom. The highest BCUT2D eigenvalue weighted by atomic mass is 79.9. The molecule has 0 aromatic heterocycles. The van der Waals surface area contributed by atoms with Gasteiger partial charge in [0.1, 0.15) is 30.1 Å². The zero-order valence-corrected chi connectivity index (χ0v) is 13.5. The van der Waals surface area contributed by atoms with E-state index >= 15 is 0 Å². The van der Waals surface area contributed by atoms with Crippen molar-refractivity contribution < 1.29 is 4.74 Å². The lowest BCUT2D eigenvalue weighted by Gasteiger charge is -2.09. The molecule has 0 atom stereocenters. The van der Waals surface area contributed by atoms with Crippen LogP contribution in [0.4, 0.5) is 0 Å². The Labute approximate surface area is 142 Å². The number of hydrogen-bond donors (Lipinski definition) is 0. The molecule has 0 aliphatic heterocycles. The molecule has 0 saturated carbocycles. The maximum Gasteiger partial charge on any atom is 0.134 e. The van der Waals surface area contributed by atoms with Crippen LogP contribution in [0.15, 0.2) is 52.5 Å². The molecule has 0 amide bonds. The van der Waals surface area contributed by atoms with Gasteiger partial charge in [0, 0.05) is 0 Å². The highest BCUT2D eigenvalue weighted by molar-refractivity contribution is 9.10. The second-order valence-corrected chi connectivity index (χ2v) is 5.42. The number of halogens is 1. The van der Waals surface area contributed by atoms with Crippen LogP contribution in [0.5, 0.6) is 5.75 Å². The fourth-order valence-electron chi connectivity index (χ4n) is 1.82.